The van der Waals surface area contributed by atoms with Crippen LogP contribution in [0.5, 0.6) is 0 Å². The molecular weight excluding hydrogens is 454 g/mol. The first-order valence-corrected chi connectivity index (χ1v) is 9.90. The van der Waals surface area contributed by atoms with E-state index >= 15 is 0 Å². The third-order valence-electron chi connectivity index (χ3n) is 4.73. The number of benzene rings is 2. The van der Waals surface area contributed by atoms with Crippen LogP contribution in [0.1, 0.15) is 11.4 Å². The van der Waals surface area contributed by atoms with Crippen LogP contribution in [0.2, 0.25) is 5.02 Å². The zero-order valence-corrected chi connectivity index (χ0v) is 17.6. The van der Waals surface area contributed by atoms with Crippen molar-refractivity contribution >= 4 is 40.1 Å². The van der Waals surface area contributed by atoms with Crippen LogP contribution in [-0.4, -0.2) is 26.1 Å². The molecule has 0 saturated carbocycles. The van der Waals surface area contributed by atoms with E-state index in [1.165, 1.54) is 6.07 Å². The van der Waals surface area contributed by atoms with Gasteiger partial charge in [-0.05, 0) is 24.3 Å². The number of nitriles is 1. The minimum Gasteiger partial charge on any atom is -0.382 e. The van der Waals surface area contributed by atoms with Crippen molar-refractivity contribution in [1.82, 2.24) is 19.5 Å². The van der Waals surface area contributed by atoms with E-state index < -0.39 is 17.2 Å². The van der Waals surface area contributed by atoms with E-state index in [4.69, 9.17) is 23.1 Å². The summed E-state index contributed by atoms with van der Waals surface area (Å²) >= 11 is 6.20. The number of fused-ring (bicyclic) bond motifs is 1. The Hall–Kier alpha value is -4.30. The molecule has 0 radical (unpaired) electrons. The highest BCUT2D eigenvalue weighted by molar-refractivity contribution is 6.35. The van der Waals surface area contributed by atoms with Crippen LogP contribution in [0.15, 0.2) is 41.2 Å². The van der Waals surface area contributed by atoms with E-state index in [9.17, 15) is 18.8 Å². The van der Waals surface area contributed by atoms with E-state index in [0.29, 0.717) is 11.6 Å². The lowest BCUT2D eigenvalue weighted by Gasteiger charge is -2.15. The summed E-state index contributed by atoms with van der Waals surface area (Å²) in [5, 5.41) is 12.5. The molecule has 0 fully saturated rings. The standard InChI is InChI=1S/C21H15ClF2N8O/c22-14-2-1-3-15-17(14)20(33)32(12-7-10(23)6-11(24)8-12)16(29-15)4-5-28-19-13(9-25)18(26)30-21(27)31-19/h1-3,6-8H,4-5H2,(H5,26,27,28,30,31). The van der Waals surface area contributed by atoms with Crippen LogP contribution >= 0.6 is 11.6 Å². The monoisotopic (exact) mass is 468 g/mol. The number of anilines is 3. The molecule has 4 aromatic rings. The summed E-state index contributed by atoms with van der Waals surface area (Å²) in [6, 6.07) is 9.40. The van der Waals surface area contributed by atoms with Gasteiger partial charge in [-0.25, -0.2) is 13.8 Å². The molecule has 5 N–H and O–H groups in total. The molecule has 2 heterocycles. The highest BCUT2D eigenvalue weighted by Crippen LogP contribution is 2.22. The largest absolute Gasteiger partial charge is 0.382 e. The Labute approximate surface area is 190 Å². The summed E-state index contributed by atoms with van der Waals surface area (Å²) in [5.74, 6) is -1.62. The molecular formula is C21H15ClF2N8O. The Balaban J connectivity index is 1.79. The maximum atomic E-state index is 13.9. The normalized spacial score (nSPS) is 10.8. The van der Waals surface area contributed by atoms with E-state index in [2.05, 4.69) is 20.3 Å². The molecule has 4 rings (SSSR count). The molecule has 0 aliphatic rings. The van der Waals surface area contributed by atoms with Gasteiger partial charge in [-0.2, -0.15) is 15.2 Å². The Kier molecular flexibility index (Phi) is 5.76. The molecule has 2 aromatic heterocycles. The second kappa shape index (κ2) is 8.68. The van der Waals surface area contributed by atoms with Crippen molar-refractivity contribution in [1.29, 1.82) is 5.26 Å². The minimum absolute atomic E-state index is 0.00652. The lowest BCUT2D eigenvalue weighted by Crippen LogP contribution is -2.26. The molecule has 166 valence electrons. The number of nitrogens with zero attached hydrogens (tertiary/aromatic N) is 5. The summed E-state index contributed by atoms with van der Waals surface area (Å²) in [4.78, 5) is 25.5. The van der Waals surface area contributed by atoms with Crippen molar-refractivity contribution < 1.29 is 8.78 Å². The van der Waals surface area contributed by atoms with Crippen LogP contribution < -0.4 is 22.3 Å². The van der Waals surface area contributed by atoms with Gasteiger partial charge in [-0.3, -0.25) is 9.36 Å². The van der Waals surface area contributed by atoms with E-state index in [-0.39, 0.29) is 58.0 Å². The van der Waals surface area contributed by atoms with Gasteiger partial charge in [0, 0.05) is 19.0 Å². The fourth-order valence-corrected chi connectivity index (χ4v) is 3.62. The van der Waals surface area contributed by atoms with Crippen molar-refractivity contribution in [2.24, 2.45) is 0 Å². The molecule has 2 aromatic carbocycles. The van der Waals surface area contributed by atoms with Crippen molar-refractivity contribution in [3.8, 4) is 11.8 Å². The highest BCUT2D eigenvalue weighted by Gasteiger charge is 2.17. The van der Waals surface area contributed by atoms with Crippen LogP contribution in [0.3, 0.4) is 0 Å². The number of nitrogens with one attached hydrogen (secondary N) is 1. The third-order valence-corrected chi connectivity index (χ3v) is 5.04. The van der Waals surface area contributed by atoms with E-state index in [1.54, 1.807) is 12.1 Å². The summed E-state index contributed by atoms with van der Waals surface area (Å²) in [7, 11) is 0. The summed E-state index contributed by atoms with van der Waals surface area (Å²) in [6.07, 6.45) is 0.102. The summed E-state index contributed by atoms with van der Waals surface area (Å²) in [5.41, 5.74) is 11.0. The number of rotatable bonds is 5. The molecule has 0 aliphatic carbocycles. The van der Waals surface area contributed by atoms with Crippen LogP contribution in [-0.2, 0) is 6.42 Å². The summed E-state index contributed by atoms with van der Waals surface area (Å²) < 4.78 is 28.9. The maximum absolute atomic E-state index is 13.9. The molecule has 0 saturated heterocycles. The quantitative estimate of drug-likeness (QED) is 0.405. The second-order valence-corrected chi connectivity index (χ2v) is 7.32. The molecule has 0 aliphatic heterocycles. The zero-order chi connectivity index (χ0) is 23.7. The van der Waals surface area contributed by atoms with Gasteiger partial charge in [-0.15, -0.1) is 0 Å². The van der Waals surface area contributed by atoms with Gasteiger partial charge in [0.15, 0.2) is 5.82 Å². The van der Waals surface area contributed by atoms with Gasteiger partial charge in [0.1, 0.15) is 34.9 Å². The first kappa shape index (κ1) is 21.9. The molecule has 0 bridgehead atoms. The van der Waals surface area contributed by atoms with E-state index in [0.717, 1.165) is 16.7 Å². The summed E-state index contributed by atoms with van der Waals surface area (Å²) in [6.45, 7) is 0.126. The van der Waals surface area contributed by atoms with Crippen molar-refractivity contribution in [3.63, 3.8) is 0 Å². The van der Waals surface area contributed by atoms with Gasteiger partial charge in [0.25, 0.3) is 5.56 Å². The predicted molar refractivity (Wildman–Crippen MR) is 120 cm³/mol. The first-order chi connectivity index (χ1) is 15.8. The molecule has 0 atom stereocenters. The molecule has 0 amide bonds. The van der Waals surface area contributed by atoms with Gasteiger partial charge in [0.05, 0.1) is 21.6 Å². The van der Waals surface area contributed by atoms with Gasteiger partial charge in [-0.1, -0.05) is 17.7 Å². The fraction of sp³-hybridized carbons (Fsp3) is 0.0952. The van der Waals surface area contributed by atoms with Crippen LogP contribution in [0, 0.1) is 23.0 Å². The highest BCUT2D eigenvalue weighted by atomic mass is 35.5. The fourth-order valence-electron chi connectivity index (χ4n) is 3.36. The third kappa shape index (κ3) is 4.24. The smallest absolute Gasteiger partial charge is 0.267 e. The number of nitrogens with two attached hydrogens (primary N) is 2. The van der Waals surface area contributed by atoms with Gasteiger partial charge >= 0.3 is 0 Å². The van der Waals surface area contributed by atoms with Crippen molar-refractivity contribution in [3.05, 3.63) is 74.8 Å². The Morgan fingerprint density at radius 2 is 1.85 bits per heavy atom. The zero-order valence-electron chi connectivity index (χ0n) is 16.8. The molecule has 33 heavy (non-hydrogen) atoms. The van der Waals surface area contributed by atoms with Crippen LogP contribution in [0.4, 0.5) is 26.4 Å². The number of nitrogen functional groups attached to an aromatic ring is 2. The van der Waals surface area contributed by atoms with Crippen molar-refractivity contribution in [2.45, 2.75) is 6.42 Å². The van der Waals surface area contributed by atoms with Gasteiger partial charge < -0.3 is 16.8 Å². The van der Waals surface area contributed by atoms with Crippen molar-refractivity contribution in [2.75, 3.05) is 23.3 Å². The number of halogens is 3. The number of aromatic nitrogens is 4. The molecule has 0 spiro atoms. The Morgan fingerprint density at radius 3 is 2.55 bits per heavy atom. The Morgan fingerprint density at radius 1 is 1.12 bits per heavy atom. The van der Waals surface area contributed by atoms with E-state index in [1.807, 2.05) is 6.07 Å². The number of hydrogen-bond acceptors (Lipinski definition) is 8. The number of hydrogen-bond donors (Lipinski definition) is 3. The average Bonchev–Trinajstić information content (AvgIpc) is 2.72. The van der Waals surface area contributed by atoms with Crippen LogP contribution in [0.25, 0.3) is 16.6 Å². The predicted octanol–water partition coefficient (Wildman–Crippen LogP) is 2.80. The Bertz CT molecular complexity index is 1480. The molecule has 12 heteroatoms. The van der Waals surface area contributed by atoms with Gasteiger partial charge in [0.2, 0.25) is 5.95 Å². The first-order valence-electron chi connectivity index (χ1n) is 9.52. The SMILES string of the molecule is N#Cc1c(N)nc(N)nc1NCCc1nc2cccc(Cl)c2c(=O)n1-c1cc(F)cc(F)c1. The molecule has 9 nitrogen and oxygen atoms in total. The second-order valence-electron chi connectivity index (χ2n) is 6.91. The average molecular weight is 469 g/mol. The molecule has 0 unspecified atom stereocenters. The minimum atomic E-state index is -0.856. The lowest BCUT2D eigenvalue weighted by molar-refractivity contribution is 0.580. The lowest BCUT2D eigenvalue weighted by atomic mass is 10.2. The topological polar surface area (TPSA) is 149 Å². The maximum Gasteiger partial charge on any atom is 0.267 e.